The van der Waals surface area contributed by atoms with Gasteiger partial charge in [-0.15, -0.1) is 0 Å². The molecule has 1 aromatic carbocycles. The Balaban J connectivity index is 1.49. The lowest BCUT2D eigenvalue weighted by atomic mass is 9.91. The van der Waals surface area contributed by atoms with Gasteiger partial charge in [0.05, 0.1) is 31.1 Å². The first kappa shape index (κ1) is 19.0. The summed E-state index contributed by atoms with van der Waals surface area (Å²) in [7, 11) is 0. The molecule has 2 fully saturated rings. The molecule has 2 aromatic rings. The Kier molecular flexibility index (Phi) is 5.92. The van der Waals surface area contributed by atoms with Gasteiger partial charge in [-0.25, -0.2) is 4.39 Å². The summed E-state index contributed by atoms with van der Waals surface area (Å²) in [6.07, 6.45) is 5.26. The molecule has 1 atom stereocenters. The van der Waals surface area contributed by atoms with Crippen LogP contribution in [0.15, 0.2) is 36.7 Å². The number of rotatable bonds is 4. The van der Waals surface area contributed by atoms with Gasteiger partial charge in [0.25, 0.3) is 0 Å². The third-order valence-corrected chi connectivity index (χ3v) is 5.47. The summed E-state index contributed by atoms with van der Waals surface area (Å²) >= 11 is 0. The largest absolute Gasteiger partial charge is 0.379 e. The number of hydrogen-bond donors (Lipinski definition) is 0. The number of carbonyl (C=O) groups excluding carboxylic acids is 1. The van der Waals surface area contributed by atoms with E-state index in [1.165, 1.54) is 12.1 Å². The Morgan fingerprint density at radius 2 is 1.86 bits per heavy atom. The summed E-state index contributed by atoms with van der Waals surface area (Å²) in [6.45, 7) is 4.88. The van der Waals surface area contributed by atoms with Crippen LogP contribution in [0.5, 0.6) is 0 Å². The molecule has 28 heavy (non-hydrogen) atoms. The van der Waals surface area contributed by atoms with E-state index in [-0.39, 0.29) is 17.6 Å². The summed E-state index contributed by atoms with van der Waals surface area (Å²) in [5.74, 6) is 0.0294. The highest BCUT2D eigenvalue weighted by Gasteiger charge is 2.29. The summed E-state index contributed by atoms with van der Waals surface area (Å²) < 4.78 is 18.7. The highest BCUT2D eigenvalue weighted by atomic mass is 19.1. The zero-order valence-electron chi connectivity index (χ0n) is 15.9. The van der Waals surface area contributed by atoms with Crippen molar-refractivity contribution in [3.8, 4) is 11.3 Å². The standard InChI is InChI=1S/C21H25FN4O2/c22-18-5-3-16(4-6-18)20-21(24-8-7-23-20)17-2-1-9-26(14-17)19(27)15-25-10-12-28-13-11-25/h3-8,17H,1-2,9-15H2. The molecule has 0 saturated carbocycles. The average molecular weight is 384 g/mol. The monoisotopic (exact) mass is 384 g/mol. The van der Waals surface area contributed by atoms with Crippen LogP contribution in [0.2, 0.25) is 0 Å². The first-order valence-electron chi connectivity index (χ1n) is 9.85. The van der Waals surface area contributed by atoms with Crippen LogP contribution in [0.1, 0.15) is 24.5 Å². The Morgan fingerprint density at radius 3 is 2.64 bits per heavy atom. The Labute approximate surface area is 164 Å². The van der Waals surface area contributed by atoms with Crippen LogP contribution in [0.4, 0.5) is 4.39 Å². The van der Waals surface area contributed by atoms with E-state index in [1.54, 1.807) is 24.5 Å². The second-order valence-electron chi connectivity index (χ2n) is 7.36. The minimum Gasteiger partial charge on any atom is -0.379 e. The molecule has 7 heteroatoms. The number of hydrogen-bond acceptors (Lipinski definition) is 5. The van der Waals surface area contributed by atoms with Crippen molar-refractivity contribution in [2.24, 2.45) is 0 Å². The minimum absolute atomic E-state index is 0.135. The van der Waals surface area contributed by atoms with E-state index >= 15 is 0 Å². The normalized spacial score (nSPS) is 20.9. The van der Waals surface area contributed by atoms with Crippen LogP contribution in [0, 0.1) is 5.82 Å². The highest BCUT2D eigenvalue weighted by molar-refractivity contribution is 5.78. The molecular weight excluding hydrogens is 359 g/mol. The number of carbonyl (C=O) groups is 1. The van der Waals surface area contributed by atoms with E-state index in [9.17, 15) is 9.18 Å². The lowest BCUT2D eigenvalue weighted by Crippen LogP contribution is -2.47. The SMILES string of the molecule is O=C(CN1CCOCC1)N1CCCC(c2nccnc2-c2ccc(F)cc2)C1. The van der Waals surface area contributed by atoms with Gasteiger partial charge in [-0.3, -0.25) is 19.7 Å². The number of piperidine rings is 1. The number of amides is 1. The molecule has 3 heterocycles. The van der Waals surface area contributed by atoms with Gasteiger partial charge in [0.2, 0.25) is 5.91 Å². The summed E-state index contributed by atoms with van der Waals surface area (Å²) in [5.41, 5.74) is 2.51. The van der Waals surface area contributed by atoms with Gasteiger partial charge in [0.1, 0.15) is 5.82 Å². The number of nitrogens with zero attached hydrogens (tertiary/aromatic N) is 4. The zero-order valence-corrected chi connectivity index (χ0v) is 15.9. The van der Waals surface area contributed by atoms with Crippen molar-refractivity contribution >= 4 is 5.91 Å². The molecule has 0 spiro atoms. The molecule has 4 rings (SSSR count). The van der Waals surface area contributed by atoms with Crippen molar-refractivity contribution in [1.82, 2.24) is 19.8 Å². The summed E-state index contributed by atoms with van der Waals surface area (Å²) in [5, 5.41) is 0. The topological polar surface area (TPSA) is 58.6 Å². The lowest BCUT2D eigenvalue weighted by Gasteiger charge is -2.35. The number of aromatic nitrogens is 2. The Hall–Kier alpha value is -2.38. The molecule has 1 amide bonds. The number of benzene rings is 1. The van der Waals surface area contributed by atoms with Crippen molar-refractivity contribution in [2.45, 2.75) is 18.8 Å². The van der Waals surface area contributed by atoms with Gasteiger partial charge in [-0.1, -0.05) is 0 Å². The second kappa shape index (κ2) is 8.75. The van der Waals surface area contributed by atoms with Crippen LogP contribution in [-0.2, 0) is 9.53 Å². The molecule has 1 aromatic heterocycles. The third-order valence-electron chi connectivity index (χ3n) is 5.47. The first-order chi connectivity index (χ1) is 13.7. The van der Waals surface area contributed by atoms with Crippen LogP contribution in [-0.4, -0.2) is 71.6 Å². The molecule has 2 saturated heterocycles. The van der Waals surface area contributed by atoms with Crippen molar-refractivity contribution in [3.63, 3.8) is 0 Å². The van der Waals surface area contributed by atoms with E-state index in [2.05, 4.69) is 14.9 Å². The van der Waals surface area contributed by atoms with Gasteiger partial charge in [0, 0.05) is 50.1 Å². The predicted molar refractivity (Wildman–Crippen MR) is 103 cm³/mol. The van der Waals surface area contributed by atoms with E-state index in [4.69, 9.17) is 4.74 Å². The summed E-state index contributed by atoms with van der Waals surface area (Å²) in [4.78, 5) is 26.0. The van der Waals surface area contributed by atoms with Crippen LogP contribution < -0.4 is 0 Å². The Bertz CT molecular complexity index is 808. The highest BCUT2D eigenvalue weighted by Crippen LogP contribution is 2.31. The number of likely N-dealkylation sites (tertiary alicyclic amines) is 1. The molecule has 2 aliphatic heterocycles. The maximum absolute atomic E-state index is 13.3. The quantitative estimate of drug-likeness (QED) is 0.810. The van der Waals surface area contributed by atoms with Crippen molar-refractivity contribution in [1.29, 1.82) is 0 Å². The van der Waals surface area contributed by atoms with E-state index in [0.717, 1.165) is 49.4 Å². The fraction of sp³-hybridized carbons (Fsp3) is 0.476. The van der Waals surface area contributed by atoms with E-state index in [1.807, 2.05) is 4.90 Å². The van der Waals surface area contributed by atoms with E-state index < -0.39 is 0 Å². The number of halogens is 1. The molecule has 0 bridgehead atoms. The van der Waals surface area contributed by atoms with Crippen molar-refractivity contribution in [3.05, 3.63) is 48.2 Å². The Morgan fingerprint density at radius 1 is 1.11 bits per heavy atom. The molecule has 0 radical (unpaired) electrons. The maximum atomic E-state index is 13.3. The molecule has 6 nitrogen and oxygen atoms in total. The minimum atomic E-state index is -0.272. The fourth-order valence-electron chi connectivity index (χ4n) is 3.96. The smallest absolute Gasteiger partial charge is 0.236 e. The van der Waals surface area contributed by atoms with Crippen LogP contribution >= 0.6 is 0 Å². The van der Waals surface area contributed by atoms with Gasteiger partial charge < -0.3 is 9.64 Å². The van der Waals surface area contributed by atoms with Crippen molar-refractivity contribution in [2.75, 3.05) is 45.9 Å². The number of ether oxygens (including phenoxy) is 1. The molecule has 148 valence electrons. The van der Waals surface area contributed by atoms with Crippen molar-refractivity contribution < 1.29 is 13.9 Å². The van der Waals surface area contributed by atoms with Gasteiger partial charge in [-0.05, 0) is 37.1 Å². The molecule has 2 aliphatic rings. The average Bonchev–Trinajstić information content (AvgIpc) is 2.75. The maximum Gasteiger partial charge on any atom is 0.236 e. The molecule has 1 unspecified atom stereocenters. The first-order valence-corrected chi connectivity index (χ1v) is 9.85. The predicted octanol–water partition coefficient (Wildman–Crippen LogP) is 2.32. The lowest BCUT2D eigenvalue weighted by molar-refractivity contribution is -0.134. The third kappa shape index (κ3) is 4.36. The second-order valence-corrected chi connectivity index (χ2v) is 7.36. The molecule has 0 N–H and O–H groups in total. The van der Waals surface area contributed by atoms with Crippen LogP contribution in [0.25, 0.3) is 11.3 Å². The van der Waals surface area contributed by atoms with E-state index in [0.29, 0.717) is 26.3 Å². The van der Waals surface area contributed by atoms with Gasteiger partial charge >= 0.3 is 0 Å². The van der Waals surface area contributed by atoms with Gasteiger partial charge in [-0.2, -0.15) is 0 Å². The molecule has 0 aliphatic carbocycles. The number of morpholine rings is 1. The molecular formula is C21H25FN4O2. The fourth-order valence-corrected chi connectivity index (χ4v) is 3.96. The van der Waals surface area contributed by atoms with Crippen LogP contribution in [0.3, 0.4) is 0 Å². The zero-order chi connectivity index (χ0) is 19.3. The summed E-state index contributed by atoms with van der Waals surface area (Å²) in [6, 6.07) is 6.33. The van der Waals surface area contributed by atoms with Gasteiger partial charge in [0.15, 0.2) is 0 Å².